The van der Waals surface area contributed by atoms with E-state index in [0.717, 1.165) is 31.3 Å². The molecule has 126 valence electrons. The molecule has 1 aromatic heterocycles. The fourth-order valence-corrected chi connectivity index (χ4v) is 4.58. The van der Waals surface area contributed by atoms with Crippen LogP contribution < -0.4 is 15.8 Å². The van der Waals surface area contributed by atoms with Gasteiger partial charge in [-0.15, -0.1) is 0 Å². The average Bonchev–Trinajstić information content (AvgIpc) is 3.41. The Morgan fingerprint density at radius 1 is 1.09 bits per heavy atom. The molecule has 5 nitrogen and oxygen atoms in total. The van der Waals surface area contributed by atoms with Gasteiger partial charge < -0.3 is 15.2 Å². The molecule has 3 atom stereocenters. The first-order valence-electron chi connectivity index (χ1n) is 9.34. The summed E-state index contributed by atoms with van der Waals surface area (Å²) in [6.07, 6.45) is 14.1. The molecule has 1 saturated heterocycles. The molecule has 1 aromatic rings. The Kier molecular flexibility index (Phi) is 4.38. The summed E-state index contributed by atoms with van der Waals surface area (Å²) in [6.45, 7) is 1.85. The van der Waals surface area contributed by atoms with Crippen molar-refractivity contribution < 1.29 is 0 Å². The van der Waals surface area contributed by atoms with Crippen LogP contribution in [0.15, 0.2) is 17.2 Å². The highest BCUT2D eigenvalue weighted by atomic mass is 16.1. The number of piperidine rings is 1. The minimum absolute atomic E-state index is 0.0698. The van der Waals surface area contributed by atoms with Crippen molar-refractivity contribution in [3.05, 3.63) is 22.7 Å². The lowest BCUT2D eigenvalue weighted by molar-refractivity contribution is 0.238. The highest BCUT2D eigenvalue weighted by Crippen LogP contribution is 2.44. The Hall–Kier alpha value is -1.36. The zero-order chi connectivity index (χ0) is 15.6. The first kappa shape index (κ1) is 15.2. The minimum Gasteiger partial charge on any atom is -0.350 e. The Labute approximate surface area is 137 Å². The van der Waals surface area contributed by atoms with Gasteiger partial charge in [0.05, 0.1) is 0 Å². The molecule has 3 aliphatic rings. The number of aromatic amines is 1. The molecule has 0 bridgehead atoms. The van der Waals surface area contributed by atoms with Gasteiger partial charge in [0.15, 0.2) is 5.82 Å². The molecule has 0 spiro atoms. The van der Waals surface area contributed by atoms with E-state index < -0.39 is 0 Å². The molecule has 0 unspecified atom stereocenters. The summed E-state index contributed by atoms with van der Waals surface area (Å²) in [5.41, 5.74) is -0.0698. The quantitative estimate of drug-likeness (QED) is 0.895. The number of aromatic nitrogens is 2. The van der Waals surface area contributed by atoms with Crippen molar-refractivity contribution in [3.63, 3.8) is 0 Å². The van der Waals surface area contributed by atoms with Gasteiger partial charge in [-0.2, -0.15) is 0 Å². The van der Waals surface area contributed by atoms with E-state index in [1.807, 2.05) is 0 Å². The zero-order valence-corrected chi connectivity index (χ0v) is 13.8. The fraction of sp³-hybridized carbons (Fsp3) is 0.778. The Morgan fingerprint density at radius 2 is 1.96 bits per heavy atom. The second-order valence-corrected chi connectivity index (χ2v) is 7.65. The summed E-state index contributed by atoms with van der Waals surface area (Å²) in [4.78, 5) is 21.1. The van der Waals surface area contributed by atoms with E-state index in [4.69, 9.17) is 0 Å². The number of hydrogen-bond donors (Lipinski definition) is 2. The van der Waals surface area contributed by atoms with Crippen molar-refractivity contribution in [1.82, 2.24) is 15.3 Å². The van der Waals surface area contributed by atoms with Crippen LogP contribution in [0.4, 0.5) is 5.82 Å². The molecule has 2 aliphatic carbocycles. The lowest BCUT2D eigenvalue weighted by atomic mass is 9.82. The summed E-state index contributed by atoms with van der Waals surface area (Å²) in [7, 11) is 0. The fourth-order valence-electron chi connectivity index (χ4n) is 4.58. The third kappa shape index (κ3) is 3.60. The van der Waals surface area contributed by atoms with Gasteiger partial charge in [-0.1, -0.05) is 12.8 Å². The maximum atomic E-state index is 12.0. The van der Waals surface area contributed by atoms with Crippen LogP contribution in [0.5, 0.6) is 0 Å². The Balaban J connectivity index is 1.36. The van der Waals surface area contributed by atoms with E-state index in [2.05, 4.69) is 20.2 Å². The molecule has 0 radical (unpaired) electrons. The van der Waals surface area contributed by atoms with Gasteiger partial charge in [0.2, 0.25) is 0 Å². The molecule has 2 heterocycles. The first-order chi connectivity index (χ1) is 11.3. The molecule has 4 rings (SSSR count). The molecule has 0 aromatic carbocycles. The van der Waals surface area contributed by atoms with Gasteiger partial charge >= 0.3 is 0 Å². The van der Waals surface area contributed by atoms with E-state index in [9.17, 15) is 4.79 Å². The number of anilines is 1. The van der Waals surface area contributed by atoms with E-state index >= 15 is 0 Å². The molecule has 0 amide bonds. The van der Waals surface area contributed by atoms with Gasteiger partial charge in [0.1, 0.15) is 0 Å². The number of H-pyrrole nitrogens is 1. The third-order valence-electron chi connectivity index (χ3n) is 5.88. The van der Waals surface area contributed by atoms with Crippen molar-refractivity contribution in [2.75, 3.05) is 18.0 Å². The summed E-state index contributed by atoms with van der Waals surface area (Å²) in [6, 6.07) is 1.18. The van der Waals surface area contributed by atoms with Gasteiger partial charge in [-0.05, 0) is 50.4 Å². The van der Waals surface area contributed by atoms with Crippen LogP contribution in [-0.2, 0) is 0 Å². The van der Waals surface area contributed by atoms with Crippen molar-refractivity contribution in [2.24, 2.45) is 11.8 Å². The molecular weight excluding hydrogens is 288 g/mol. The van der Waals surface area contributed by atoms with E-state index in [-0.39, 0.29) is 5.56 Å². The molecule has 3 fully saturated rings. The molecule has 2 saturated carbocycles. The smallest absolute Gasteiger partial charge is 0.290 e. The van der Waals surface area contributed by atoms with Gasteiger partial charge in [-0.3, -0.25) is 4.79 Å². The molecular formula is C18H28N4O. The lowest BCUT2D eigenvalue weighted by Crippen LogP contribution is -2.51. The summed E-state index contributed by atoms with van der Waals surface area (Å²) in [5, 5.41) is 3.91. The third-order valence-corrected chi connectivity index (χ3v) is 5.88. The van der Waals surface area contributed by atoms with Crippen molar-refractivity contribution >= 4 is 5.82 Å². The topological polar surface area (TPSA) is 61.0 Å². The zero-order valence-electron chi connectivity index (χ0n) is 13.8. The van der Waals surface area contributed by atoms with E-state index in [1.165, 1.54) is 44.9 Å². The SMILES string of the molecule is O=c1[nH]ccnc1N1CCC[C@H](N[C@@H]2CCC[C@@H](C3CC3)C2)C1. The van der Waals surface area contributed by atoms with Crippen LogP contribution in [0.2, 0.25) is 0 Å². The van der Waals surface area contributed by atoms with E-state index in [0.29, 0.717) is 17.9 Å². The van der Waals surface area contributed by atoms with Crippen LogP contribution >= 0.6 is 0 Å². The summed E-state index contributed by atoms with van der Waals surface area (Å²) < 4.78 is 0. The molecule has 23 heavy (non-hydrogen) atoms. The monoisotopic (exact) mass is 316 g/mol. The van der Waals surface area contributed by atoms with Crippen LogP contribution in [-0.4, -0.2) is 35.1 Å². The summed E-state index contributed by atoms with van der Waals surface area (Å²) in [5.74, 6) is 2.59. The second-order valence-electron chi connectivity index (χ2n) is 7.65. The highest BCUT2D eigenvalue weighted by Gasteiger charge is 2.35. The minimum atomic E-state index is -0.0698. The van der Waals surface area contributed by atoms with Crippen molar-refractivity contribution in [2.45, 2.75) is 63.5 Å². The highest BCUT2D eigenvalue weighted by molar-refractivity contribution is 5.36. The molecule has 2 N–H and O–H groups in total. The van der Waals surface area contributed by atoms with Crippen LogP contribution in [0.25, 0.3) is 0 Å². The number of nitrogens with zero attached hydrogens (tertiary/aromatic N) is 2. The van der Waals surface area contributed by atoms with Crippen LogP contribution in [0.3, 0.4) is 0 Å². The number of rotatable bonds is 4. The van der Waals surface area contributed by atoms with Crippen molar-refractivity contribution in [1.29, 1.82) is 0 Å². The lowest BCUT2D eigenvalue weighted by Gasteiger charge is -2.38. The molecule has 1 aliphatic heterocycles. The second kappa shape index (κ2) is 6.63. The Morgan fingerprint density at radius 3 is 2.78 bits per heavy atom. The van der Waals surface area contributed by atoms with Crippen molar-refractivity contribution in [3.8, 4) is 0 Å². The van der Waals surface area contributed by atoms with Gasteiger partial charge in [0, 0.05) is 37.6 Å². The largest absolute Gasteiger partial charge is 0.350 e. The predicted octanol–water partition coefficient (Wildman–Crippen LogP) is 2.30. The average molecular weight is 316 g/mol. The maximum Gasteiger partial charge on any atom is 0.290 e. The van der Waals surface area contributed by atoms with E-state index in [1.54, 1.807) is 12.4 Å². The normalized spacial score (nSPS) is 32.0. The first-order valence-corrected chi connectivity index (χ1v) is 9.34. The van der Waals surface area contributed by atoms with Crippen LogP contribution in [0.1, 0.15) is 51.4 Å². The number of hydrogen-bond acceptors (Lipinski definition) is 4. The maximum absolute atomic E-state index is 12.0. The number of nitrogens with one attached hydrogen (secondary N) is 2. The van der Waals surface area contributed by atoms with Gasteiger partial charge in [-0.25, -0.2) is 4.98 Å². The Bertz CT molecular complexity index is 582. The standard InChI is InChI=1S/C18H28N4O/c23-18-17(19-8-9-20-18)22-10-2-5-16(12-22)21-15-4-1-3-14(11-15)13-6-7-13/h8-9,13-16,21H,1-7,10-12H2,(H,20,23)/t14-,15-,16+/m1/s1. The predicted molar refractivity (Wildman–Crippen MR) is 91.7 cm³/mol. The van der Waals surface area contributed by atoms with Crippen LogP contribution in [0, 0.1) is 11.8 Å². The summed E-state index contributed by atoms with van der Waals surface area (Å²) >= 11 is 0. The molecule has 5 heteroatoms. The van der Waals surface area contributed by atoms with Gasteiger partial charge in [0.25, 0.3) is 5.56 Å².